The molecule has 1 aliphatic rings. The Morgan fingerprint density at radius 1 is 1.27 bits per heavy atom. The summed E-state index contributed by atoms with van der Waals surface area (Å²) in [6.45, 7) is 3.55. The number of nitrogens with two attached hydrogens (primary N) is 1. The van der Waals surface area contributed by atoms with E-state index in [1.807, 2.05) is 24.5 Å². The molecule has 1 amide bonds. The highest BCUT2D eigenvalue weighted by Gasteiger charge is 2.23. The van der Waals surface area contributed by atoms with Crippen LogP contribution in [0.3, 0.4) is 0 Å². The highest BCUT2D eigenvalue weighted by molar-refractivity contribution is 5.76. The molecule has 0 spiro atoms. The summed E-state index contributed by atoms with van der Waals surface area (Å²) in [7, 11) is 0. The molecule has 0 aliphatic carbocycles. The molecule has 116 valence electrons. The minimum Gasteiger partial charge on any atom is -0.369 e. The first-order valence-corrected chi connectivity index (χ1v) is 7.67. The number of pyridine rings is 1. The second-order valence-electron chi connectivity index (χ2n) is 5.72. The molecule has 1 saturated heterocycles. The first-order chi connectivity index (χ1) is 10.7. The fourth-order valence-corrected chi connectivity index (χ4v) is 2.99. The van der Waals surface area contributed by atoms with Gasteiger partial charge in [0.2, 0.25) is 5.91 Å². The quantitative estimate of drug-likeness (QED) is 0.898. The number of primary amides is 1. The van der Waals surface area contributed by atoms with Crippen LogP contribution >= 0.6 is 0 Å². The number of amides is 1. The highest BCUT2D eigenvalue weighted by atomic mass is 16.1. The number of imidazole rings is 1. The molecule has 2 N–H and O–H groups in total. The zero-order valence-electron chi connectivity index (χ0n) is 12.6. The van der Waals surface area contributed by atoms with Gasteiger partial charge in [-0.3, -0.25) is 9.78 Å². The van der Waals surface area contributed by atoms with Crippen molar-refractivity contribution in [3.05, 3.63) is 36.9 Å². The molecule has 0 aromatic carbocycles. The minimum absolute atomic E-state index is 0.00351. The van der Waals surface area contributed by atoms with E-state index in [-0.39, 0.29) is 11.8 Å². The number of rotatable bonds is 5. The predicted molar refractivity (Wildman–Crippen MR) is 83.8 cm³/mol. The van der Waals surface area contributed by atoms with E-state index in [1.54, 1.807) is 12.4 Å². The zero-order chi connectivity index (χ0) is 15.4. The second-order valence-corrected chi connectivity index (χ2v) is 5.72. The summed E-state index contributed by atoms with van der Waals surface area (Å²) >= 11 is 0. The predicted octanol–water partition coefficient (Wildman–Crippen LogP) is 1.14. The van der Waals surface area contributed by atoms with Crippen molar-refractivity contribution in [2.24, 2.45) is 11.7 Å². The smallest absolute Gasteiger partial charge is 0.221 e. The molecule has 1 atom stereocenters. The van der Waals surface area contributed by atoms with E-state index in [0.29, 0.717) is 0 Å². The van der Waals surface area contributed by atoms with Gasteiger partial charge in [-0.25, -0.2) is 4.98 Å². The van der Waals surface area contributed by atoms with Crippen molar-refractivity contribution in [2.75, 3.05) is 19.6 Å². The van der Waals surface area contributed by atoms with Crippen LogP contribution in [0.15, 0.2) is 36.9 Å². The number of nitrogens with zero attached hydrogens (tertiary/aromatic N) is 4. The Labute approximate surface area is 130 Å². The molecule has 1 aliphatic heterocycles. The van der Waals surface area contributed by atoms with Gasteiger partial charge in [-0.2, -0.15) is 0 Å². The van der Waals surface area contributed by atoms with Gasteiger partial charge >= 0.3 is 0 Å². The molecular weight excluding hydrogens is 278 g/mol. The Hall–Kier alpha value is -2.21. The minimum atomic E-state index is -0.176. The van der Waals surface area contributed by atoms with E-state index in [2.05, 4.69) is 19.4 Å². The summed E-state index contributed by atoms with van der Waals surface area (Å²) in [5, 5.41) is 0. The Balaban J connectivity index is 1.63. The fraction of sp³-hybridized carbons (Fsp3) is 0.438. The Bertz CT molecular complexity index is 624. The first-order valence-electron chi connectivity index (χ1n) is 7.67. The Morgan fingerprint density at radius 2 is 2.09 bits per heavy atom. The average molecular weight is 299 g/mol. The Kier molecular flexibility index (Phi) is 4.48. The standard InChI is InChI=1S/C16H21N5O/c17-15(22)14-2-1-8-20(12-14)10-11-21-9-7-19-16(21)13-3-5-18-6-4-13/h3-7,9,14H,1-2,8,10-12H2,(H2,17,22)/t14-/m0/s1. The zero-order valence-corrected chi connectivity index (χ0v) is 12.6. The van der Waals surface area contributed by atoms with E-state index < -0.39 is 0 Å². The maximum absolute atomic E-state index is 11.3. The van der Waals surface area contributed by atoms with Crippen LogP contribution in [0.1, 0.15) is 12.8 Å². The van der Waals surface area contributed by atoms with Crippen molar-refractivity contribution >= 4 is 5.91 Å². The van der Waals surface area contributed by atoms with Gasteiger partial charge in [0.1, 0.15) is 5.82 Å². The summed E-state index contributed by atoms with van der Waals surface area (Å²) in [5.74, 6) is 0.770. The van der Waals surface area contributed by atoms with E-state index in [4.69, 9.17) is 5.73 Å². The molecule has 3 heterocycles. The molecular formula is C16H21N5O. The number of aromatic nitrogens is 3. The average Bonchev–Trinajstić information content (AvgIpc) is 3.02. The maximum atomic E-state index is 11.3. The lowest BCUT2D eigenvalue weighted by molar-refractivity contribution is -0.123. The molecule has 6 heteroatoms. The molecule has 3 rings (SSSR count). The van der Waals surface area contributed by atoms with E-state index in [1.165, 1.54) is 0 Å². The van der Waals surface area contributed by atoms with Crippen LogP contribution in [-0.4, -0.2) is 45.0 Å². The maximum Gasteiger partial charge on any atom is 0.221 e. The van der Waals surface area contributed by atoms with Gasteiger partial charge in [-0.1, -0.05) is 0 Å². The van der Waals surface area contributed by atoms with Crippen LogP contribution in [0.5, 0.6) is 0 Å². The molecule has 2 aromatic rings. The van der Waals surface area contributed by atoms with E-state index >= 15 is 0 Å². The van der Waals surface area contributed by atoms with Crippen molar-refractivity contribution in [3.8, 4) is 11.4 Å². The second kappa shape index (κ2) is 6.70. The van der Waals surface area contributed by atoms with Crippen LogP contribution in [0, 0.1) is 5.92 Å². The summed E-state index contributed by atoms with van der Waals surface area (Å²) in [4.78, 5) is 22.1. The SMILES string of the molecule is NC(=O)[C@H]1CCCN(CCn2ccnc2-c2ccncc2)C1. The first kappa shape index (κ1) is 14.7. The topological polar surface area (TPSA) is 77.0 Å². The normalized spacial score (nSPS) is 19.2. The van der Waals surface area contributed by atoms with Crippen molar-refractivity contribution in [3.63, 3.8) is 0 Å². The number of hydrogen-bond donors (Lipinski definition) is 1. The lowest BCUT2D eigenvalue weighted by Crippen LogP contribution is -2.42. The van der Waals surface area contributed by atoms with Gasteiger partial charge in [0, 0.05) is 50.0 Å². The number of hydrogen-bond acceptors (Lipinski definition) is 4. The molecule has 0 saturated carbocycles. The molecule has 22 heavy (non-hydrogen) atoms. The van der Waals surface area contributed by atoms with Gasteiger partial charge in [-0.15, -0.1) is 0 Å². The third-order valence-corrected chi connectivity index (χ3v) is 4.22. The van der Waals surface area contributed by atoms with Crippen LogP contribution in [-0.2, 0) is 11.3 Å². The Morgan fingerprint density at radius 3 is 2.86 bits per heavy atom. The third-order valence-electron chi connectivity index (χ3n) is 4.22. The van der Waals surface area contributed by atoms with Crippen molar-refractivity contribution in [2.45, 2.75) is 19.4 Å². The van der Waals surface area contributed by atoms with E-state index in [9.17, 15) is 4.79 Å². The van der Waals surface area contributed by atoms with Gasteiger partial charge in [0.05, 0.1) is 5.92 Å². The molecule has 1 fully saturated rings. The monoisotopic (exact) mass is 299 g/mol. The van der Waals surface area contributed by atoms with Gasteiger partial charge in [0.25, 0.3) is 0 Å². The van der Waals surface area contributed by atoms with E-state index in [0.717, 1.165) is 50.4 Å². The van der Waals surface area contributed by atoms with Crippen LogP contribution < -0.4 is 5.73 Å². The lowest BCUT2D eigenvalue weighted by Gasteiger charge is -2.31. The van der Waals surface area contributed by atoms with Crippen molar-refractivity contribution in [1.82, 2.24) is 19.4 Å². The van der Waals surface area contributed by atoms with Crippen molar-refractivity contribution < 1.29 is 4.79 Å². The van der Waals surface area contributed by atoms with Crippen LogP contribution in [0.4, 0.5) is 0 Å². The molecule has 0 radical (unpaired) electrons. The number of carbonyl (C=O) groups excluding carboxylic acids is 1. The molecule has 0 unspecified atom stereocenters. The highest BCUT2D eigenvalue weighted by Crippen LogP contribution is 2.18. The summed E-state index contributed by atoms with van der Waals surface area (Å²) < 4.78 is 2.14. The van der Waals surface area contributed by atoms with Gasteiger partial charge in [-0.05, 0) is 31.5 Å². The van der Waals surface area contributed by atoms with Crippen molar-refractivity contribution in [1.29, 1.82) is 0 Å². The number of likely N-dealkylation sites (tertiary alicyclic amines) is 1. The lowest BCUT2D eigenvalue weighted by atomic mass is 9.97. The van der Waals surface area contributed by atoms with Crippen LogP contribution in [0.2, 0.25) is 0 Å². The number of carbonyl (C=O) groups is 1. The summed E-state index contributed by atoms with van der Waals surface area (Å²) in [6, 6.07) is 3.92. The molecule has 6 nitrogen and oxygen atoms in total. The summed E-state index contributed by atoms with van der Waals surface area (Å²) in [5.41, 5.74) is 6.50. The number of piperidine rings is 1. The fourth-order valence-electron chi connectivity index (χ4n) is 2.99. The molecule has 2 aromatic heterocycles. The van der Waals surface area contributed by atoms with Crippen LogP contribution in [0.25, 0.3) is 11.4 Å². The largest absolute Gasteiger partial charge is 0.369 e. The summed E-state index contributed by atoms with van der Waals surface area (Å²) in [6.07, 6.45) is 9.31. The van der Waals surface area contributed by atoms with Gasteiger partial charge in [0.15, 0.2) is 0 Å². The van der Waals surface area contributed by atoms with Gasteiger partial charge < -0.3 is 15.2 Å². The third kappa shape index (κ3) is 3.33. The molecule has 0 bridgehead atoms.